The van der Waals surface area contributed by atoms with Gasteiger partial charge in [0.05, 0.1) is 24.5 Å². The number of nitrogens with zero attached hydrogens (tertiary/aromatic N) is 2. The summed E-state index contributed by atoms with van der Waals surface area (Å²) >= 11 is 0. The minimum atomic E-state index is -5.86. The number of halogens is 5. The van der Waals surface area contributed by atoms with Crippen LogP contribution in [-0.4, -0.2) is 61.9 Å². The Labute approximate surface area is 192 Å². The SMILES string of the molecule is CN1C(=O)[C@@H](NC(=O)CC(=O)NCC(F)(F)C(F)(F)F)CN(C(=O)C(C)(C)C)c2ccccc21. The number of hydrogen-bond acceptors (Lipinski definition) is 4. The van der Waals surface area contributed by atoms with Crippen LogP contribution in [0.2, 0.25) is 0 Å². The van der Waals surface area contributed by atoms with Crippen LogP contribution in [0, 0.1) is 5.41 Å². The molecule has 1 heterocycles. The first kappa shape index (κ1) is 27.0. The maximum absolute atomic E-state index is 13.1. The third-order valence-corrected chi connectivity index (χ3v) is 4.99. The average molecular weight is 492 g/mol. The maximum atomic E-state index is 13.1. The molecule has 1 atom stereocenters. The normalized spacial score (nSPS) is 17.1. The predicted molar refractivity (Wildman–Crippen MR) is 112 cm³/mol. The van der Waals surface area contributed by atoms with Crippen LogP contribution in [0.5, 0.6) is 0 Å². The minimum Gasteiger partial charge on any atom is -0.349 e. The number of likely N-dealkylation sites (N-methyl/N-ethyl adjacent to an activating group) is 1. The van der Waals surface area contributed by atoms with E-state index in [-0.39, 0.29) is 12.5 Å². The summed E-state index contributed by atoms with van der Waals surface area (Å²) in [6.45, 7) is 2.70. The topological polar surface area (TPSA) is 98.8 Å². The summed E-state index contributed by atoms with van der Waals surface area (Å²) in [5.74, 6) is -8.61. The zero-order valence-electron chi connectivity index (χ0n) is 18.9. The highest BCUT2D eigenvalue weighted by molar-refractivity contribution is 6.09. The first-order chi connectivity index (χ1) is 15.5. The van der Waals surface area contributed by atoms with Gasteiger partial charge < -0.3 is 20.4 Å². The summed E-state index contributed by atoms with van der Waals surface area (Å²) in [5.41, 5.74) is -0.0341. The molecule has 34 heavy (non-hydrogen) atoms. The second-order valence-corrected chi connectivity index (χ2v) is 8.83. The number of anilines is 2. The number of hydrogen-bond donors (Lipinski definition) is 2. The molecule has 0 spiro atoms. The van der Waals surface area contributed by atoms with Crippen molar-refractivity contribution in [1.29, 1.82) is 0 Å². The molecule has 0 bridgehead atoms. The average Bonchev–Trinajstić information content (AvgIpc) is 2.81. The van der Waals surface area contributed by atoms with E-state index in [4.69, 9.17) is 0 Å². The molecule has 2 rings (SSSR count). The zero-order valence-corrected chi connectivity index (χ0v) is 18.9. The van der Waals surface area contributed by atoms with Crippen molar-refractivity contribution in [2.24, 2.45) is 5.41 Å². The van der Waals surface area contributed by atoms with E-state index < -0.39 is 54.2 Å². The van der Waals surface area contributed by atoms with E-state index in [1.807, 2.05) is 0 Å². The van der Waals surface area contributed by atoms with Gasteiger partial charge in [0.2, 0.25) is 17.7 Å². The minimum absolute atomic E-state index is 0.282. The van der Waals surface area contributed by atoms with Crippen LogP contribution in [0.3, 0.4) is 0 Å². The van der Waals surface area contributed by atoms with Crippen LogP contribution in [0.4, 0.5) is 33.3 Å². The summed E-state index contributed by atoms with van der Waals surface area (Å²) in [6.07, 6.45) is -6.96. The molecular weight excluding hydrogens is 467 g/mol. The Morgan fingerprint density at radius 3 is 2.09 bits per heavy atom. The van der Waals surface area contributed by atoms with Crippen LogP contribution >= 0.6 is 0 Å². The van der Waals surface area contributed by atoms with Crippen LogP contribution in [0.1, 0.15) is 27.2 Å². The fourth-order valence-electron chi connectivity index (χ4n) is 3.16. The van der Waals surface area contributed by atoms with Crippen molar-refractivity contribution in [1.82, 2.24) is 10.6 Å². The molecule has 0 aromatic heterocycles. The lowest BCUT2D eigenvalue weighted by Gasteiger charge is -2.30. The molecule has 1 aliphatic rings. The monoisotopic (exact) mass is 492 g/mol. The van der Waals surface area contributed by atoms with E-state index >= 15 is 0 Å². The fraction of sp³-hybridized carbons (Fsp3) is 0.524. The fourth-order valence-corrected chi connectivity index (χ4v) is 3.16. The molecule has 1 aromatic rings. The molecule has 4 amide bonds. The van der Waals surface area contributed by atoms with Gasteiger partial charge in [-0.15, -0.1) is 0 Å². The van der Waals surface area contributed by atoms with Gasteiger partial charge in [-0.1, -0.05) is 32.9 Å². The van der Waals surface area contributed by atoms with Crippen LogP contribution in [-0.2, 0) is 19.2 Å². The van der Waals surface area contributed by atoms with Gasteiger partial charge >= 0.3 is 12.1 Å². The van der Waals surface area contributed by atoms with Crippen LogP contribution in [0.15, 0.2) is 24.3 Å². The molecule has 13 heteroatoms. The quantitative estimate of drug-likeness (QED) is 0.487. The Balaban J connectivity index is 2.17. The van der Waals surface area contributed by atoms with Crippen LogP contribution < -0.4 is 20.4 Å². The second kappa shape index (κ2) is 9.55. The lowest BCUT2D eigenvalue weighted by atomic mass is 9.94. The smallest absolute Gasteiger partial charge is 0.349 e. The van der Waals surface area contributed by atoms with Crippen molar-refractivity contribution < 1.29 is 41.1 Å². The molecule has 0 saturated carbocycles. The van der Waals surface area contributed by atoms with Crippen molar-refractivity contribution in [3.05, 3.63) is 24.3 Å². The van der Waals surface area contributed by atoms with Gasteiger partial charge in [-0.2, -0.15) is 22.0 Å². The van der Waals surface area contributed by atoms with Crippen molar-refractivity contribution in [2.45, 2.75) is 45.3 Å². The largest absolute Gasteiger partial charge is 0.455 e. The highest BCUT2D eigenvalue weighted by Crippen LogP contribution is 2.35. The Bertz CT molecular complexity index is 975. The number of carbonyl (C=O) groups is 4. The summed E-state index contributed by atoms with van der Waals surface area (Å²) in [4.78, 5) is 52.6. The first-order valence-corrected chi connectivity index (χ1v) is 10.1. The molecule has 0 aliphatic carbocycles. The molecule has 0 fully saturated rings. The van der Waals surface area contributed by atoms with E-state index in [0.29, 0.717) is 11.4 Å². The van der Waals surface area contributed by atoms with Crippen LogP contribution in [0.25, 0.3) is 0 Å². The molecule has 188 valence electrons. The van der Waals surface area contributed by atoms with Gasteiger partial charge in [-0.05, 0) is 12.1 Å². The number of benzene rings is 1. The first-order valence-electron chi connectivity index (χ1n) is 10.1. The lowest BCUT2D eigenvalue weighted by Crippen LogP contribution is -2.54. The molecule has 0 radical (unpaired) electrons. The number of alkyl halides is 5. The maximum Gasteiger partial charge on any atom is 0.455 e. The number of fused-ring (bicyclic) bond motifs is 1. The summed E-state index contributed by atoms with van der Waals surface area (Å²) in [6, 6.07) is 5.25. The van der Waals surface area contributed by atoms with Gasteiger partial charge in [-0.25, -0.2) is 0 Å². The number of para-hydroxylation sites is 2. The van der Waals surface area contributed by atoms with E-state index in [1.54, 1.807) is 45.0 Å². The summed E-state index contributed by atoms with van der Waals surface area (Å²) in [7, 11) is 1.43. The molecule has 8 nitrogen and oxygen atoms in total. The van der Waals surface area contributed by atoms with E-state index in [2.05, 4.69) is 5.32 Å². The third-order valence-electron chi connectivity index (χ3n) is 4.99. The highest BCUT2D eigenvalue weighted by atomic mass is 19.4. The molecule has 1 aliphatic heterocycles. The number of amides is 4. The Morgan fingerprint density at radius 2 is 1.56 bits per heavy atom. The van der Waals surface area contributed by atoms with E-state index in [0.717, 1.165) is 0 Å². The van der Waals surface area contributed by atoms with Gasteiger partial charge in [-0.3, -0.25) is 19.2 Å². The number of carbonyl (C=O) groups excluding carboxylic acids is 4. The Hall–Kier alpha value is -3.25. The third kappa shape index (κ3) is 6.00. The lowest BCUT2D eigenvalue weighted by molar-refractivity contribution is -0.278. The van der Waals surface area contributed by atoms with Crippen molar-refractivity contribution >= 4 is 35.0 Å². The summed E-state index contributed by atoms with van der Waals surface area (Å²) in [5, 5.41) is 3.64. The predicted octanol–water partition coefficient (Wildman–Crippen LogP) is 2.23. The van der Waals surface area contributed by atoms with E-state index in [1.165, 1.54) is 22.2 Å². The number of nitrogens with one attached hydrogen (secondary N) is 2. The number of rotatable bonds is 5. The van der Waals surface area contributed by atoms with Crippen molar-refractivity contribution in [3.8, 4) is 0 Å². The molecule has 0 unspecified atom stereocenters. The summed E-state index contributed by atoms with van der Waals surface area (Å²) < 4.78 is 62.6. The van der Waals surface area contributed by atoms with Crippen molar-refractivity contribution in [2.75, 3.05) is 29.9 Å². The molecule has 1 aromatic carbocycles. The Kier molecular flexibility index (Phi) is 7.58. The van der Waals surface area contributed by atoms with Gasteiger partial charge in [0.25, 0.3) is 5.91 Å². The molecular formula is C21H25F5N4O4. The van der Waals surface area contributed by atoms with Gasteiger partial charge in [0, 0.05) is 12.5 Å². The van der Waals surface area contributed by atoms with E-state index in [9.17, 15) is 41.1 Å². The standard InChI is InChI=1S/C21H25F5N4O4/c1-19(2,3)18(34)30-10-12(17(33)29(4)13-7-5-6-8-14(13)30)28-16(32)9-15(31)27-11-20(22,23)21(24,25)26/h5-8,12H,9-11H2,1-4H3,(H,27,31)(H,28,32)/t12-/m0/s1. The molecule has 0 saturated heterocycles. The second-order valence-electron chi connectivity index (χ2n) is 8.83. The zero-order chi connectivity index (χ0) is 26.1. The molecule has 2 N–H and O–H groups in total. The Morgan fingerprint density at radius 1 is 1.00 bits per heavy atom. The van der Waals surface area contributed by atoms with Crippen molar-refractivity contribution in [3.63, 3.8) is 0 Å². The van der Waals surface area contributed by atoms with Gasteiger partial charge in [0.1, 0.15) is 12.5 Å². The van der Waals surface area contributed by atoms with Gasteiger partial charge in [0.15, 0.2) is 0 Å². The highest BCUT2D eigenvalue weighted by Gasteiger charge is 2.57.